The smallest absolute Gasteiger partial charge is 0.220 e. The molecule has 0 aliphatic rings. The van der Waals surface area contributed by atoms with E-state index in [1.54, 1.807) is 0 Å². The fourth-order valence-corrected chi connectivity index (χ4v) is 8.56. The molecule has 1 amide bonds. The van der Waals surface area contributed by atoms with Gasteiger partial charge < -0.3 is 20.6 Å². The van der Waals surface area contributed by atoms with Crippen molar-refractivity contribution < 1.29 is 20.1 Å². The zero-order chi connectivity index (χ0) is 45.8. The maximum Gasteiger partial charge on any atom is 0.220 e. The standard InChI is InChI=1S/C58H109NO4/c1-3-5-7-9-11-13-15-17-19-21-22-23-24-25-26-27-28-29-30-31-32-33-34-35-36-37-39-41-43-45-47-49-51-53-57(62)59-55(54-60)58(63)56(61)52-50-48-46-44-42-40-38-20-18-16-14-12-10-8-6-4-2/h20,22-23,25-26,38,44,46,55-56,58,60-61,63H,3-19,21,24,27-37,39-43,45,47-54H2,1-2H3,(H,59,62)/b23-22-,26-25-,38-20+,46-44+. The van der Waals surface area contributed by atoms with Gasteiger partial charge in [0.05, 0.1) is 18.8 Å². The summed E-state index contributed by atoms with van der Waals surface area (Å²) in [6.07, 6.45) is 69.8. The Morgan fingerprint density at radius 2 is 0.698 bits per heavy atom. The lowest BCUT2D eigenvalue weighted by molar-refractivity contribution is -0.124. The minimum Gasteiger partial charge on any atom is -0.394 e. The summed E-state index contributed by atoms with van der Waals surface area (Å²) in [4.78, 5) is 12.5. The van der Waals surface area contributed by atoms with Gasteiger partial charge in [0.25, 0.3) is 0 Å². The summed E-state index contributed by atoms with van der Waals surface area (Å²) >= 11 is 0. The second-order valence-corrected chi connectivity index (χ2v) is 19.1. The van der Waals surface area contributed by atoms with Crippen LogP contribution >= 0.6 is 0 Å². The maximum absolute atomic E-state index is 12.5. The van der Waals surface area contributed by atoms with Crippen LogP contribution in [0.1, 0.15) is 290 Å². The molecule has 0 rings (SSSR count). The van der Waals surface area contributed by atoms with Gasteiger partial charge in [-0.05, 0) is 83.5 Å². The van der Waals surface area contributed by atoms with E-state index in [0.29, 0.717) is 12.8 Å². The normalized spacial score (nSPS) is 13.7. The van der Waals surface area contributed by atoms with Crippen molar-refractivity contribution in [3.05, 3.63) is 48.6 Å². The third-order valence-corrected chi connectivity index (χ3v) is 12.9. The number of aliphatic hydroxyl groups is 3. The Kier molecular flexibility index (Phi) is 51.5. The fourth-order valence-electron chi connectivity index (χ4n) is 8.56. The summed E-state index contributed by atoms with van der Waals surface area (Å²) in [7, 11) is 0. The number of nitrogens with one attached hydrogen (secondary N) is 1. The summed E-state index contributed by atoms with van der Waals surface area (Å²) in [5, 5.41) is 33.6. The minimum absolute atomic E-state index is 0.156. The highest BCUT2D eigenvalue weighted by molar-refractivity contribution is 5.76. The van der Waals surface area contributed by atoms with Gasteiger partial charge in [0, 0.05) is 6.42 Å². The number of rotatable bonds is 51. The molecule has 5 nitrogen and oxygen atoms in total. The van der Waals surface area contributed by atoms with E-state index in [9.17, 15) is 20.1 Å². The minimum atomic E-state index is -1.17. The molecule has 0 radical (unpaired) electrons. The molecule has 0 aromatic carbocycles. The molecule has 0 spiro atoms. The molecule has 0 fully saturated rings. The molecule has 0 saturated heterocycles. The molecule has 3 atom stereocenters. The molecule has 370 valence electrons. The third-order valence-electron chi connectivity index (χ3n) is 12.9. The van der Waals surface area contributed by atoms with Crippen molar-refractivity contribution in [3.63, 3.8) is 0 Å². The quantitative estimate of drug-likeness (QED) is 0.0362. The van der Waals surface area contributed by atoms with Crippen LogP contribution in [0.15, 0.2) is 48.6 Å². The maximum atomic E-state index is 12.5. The monoisotopic (exact) mass is 884 g/mol. The van der Waals surface area contributed by atoms with Crippen LogP contribution < -0.4 is 5.32 Å². The number of hydrogen-bond acceptors (Lipinski definition) is 4. The Labute approximate surface area is 393 Å². The average Bonchev–Trinajstić information content (AvgIpc) is 3.29. The summed E-state index contributed by atoms with van der Waals surface area (Å²) in [5.41, 5.74) is 0. The number of unbranched alkanes of at least 4 members (excludes halogenated alkanes) is 35. The molecular weight excluding hydrogens is 775 g/mol. The summed E-state index contributed by atoms with van der Waals surface area (Å²) in [6, 6.07) is -0.833. The highest BCUT2D eigenvalue weighted by Gasteiger charge is 2.26. The zero-order valence-corrected chi connectivity index (χ0v) is 42.2. The van der Waals surface area contributed by atoms with E-state index in [0.717, 1.165) is 51.4 Å². The first kappa shape index (κ1) is 61.3. The lowest BCUT2D eigenvalue weighted by atomic mass is 10.0. The van der Waals surface area contributed by atoms with Crippen LogP contribution in [-0.4, -0.2) is 46.1 Å². The molecule has 0 heterocycles. The number of carbonyl (C=O) groups excluding carboxylic acids is 1. The molecule has 5 heteroatoms. The van der Waals surface area contributed by atoms with Gasteiger partial charge >= 0.3 is 0 Å². The first-order valence-electron chi connectivity index (χ1n) is 27.9. The van der Waals surface area contributed by atoms with Gasteiger partial charge in [-0.3, -0.25) is 4.79 Å². The van der Waals surface area contributed by atoms with Gasteiger partial charge in [0.1, 0.15) is 6.10 Å². The molecule has 0 bridgehead atoms. The van der Waals surface area contributed by atoms with Crippen LogP contribution in [0.3, 0.4) is 0 Å². The Balaban J connectivity index is 3.54. The Morgan fingerprint density at radius 3 is 1.06 bits per heavy atom. The summed E-state index contributed by atoms with van der Waals surface area (Å²) in [6.45, 7) is 4.17. The Morgan fingerprint density at radius 1 is 0.397 bits per heavy atom. The molecule has 4 N–H and O–H groups in total. The van der Waals surface area contributed by atoms with Crippen molar-refractivity contribution in [1.82, 2.24) is 5.32 Å². The van der Waals surface area contributed by atoms with Gasteiger partial charge in [-0.15, -0.1) is 0 Å². The van der Waals surface area contributed by atoms with Crippen molar-refractivity contribution >= 4 is 5.91 Å². The molecule has 0 aliphatic heterocycles. The van der Waals surface area contributed by atoms with Gasteiger partial charge in [-0.25, -0.2) is 0 Å². The molecule has 0 saturated carbocycles. The fraction of sp³-hybridized carbons (Fsp3) is 0.845. The number of allylic oxidation sites excluding steroid dienone is 8. The lowest BCUT2D eigenvalue weighted by Crippen LogP contribution is -2.50. The largest absolute Gasteiger partial charge is 0.394 e. The molecule has 0 aromatic rings. The number of aliphatic hydroxyl groups excluding tert-OH is 3. The van der Waals surface area contributed by atoms with E-state index in [1.165, 1.54) is 212 Å². The average molecular weight is 885 g/mol. The lowest BCUT2D eigenvalue weighted by Gasteiger charge is -2.26. The van der Waals surface area contributed by atoms with Crippen LogP contribution in [0, 0.1) is 0 Å². The van der Waals surface area contributed by atoms with E-state index in [-0.39, 0.29) is 12.5 Å². The van der Waals surface area contributed by atoms with Crippen molar-refractivity contribution in [2.45, 2.75) is 308 Å². The van der Waals surface area contributed by atoms with E-state index in [4.69, 9.17) is 0 Å². The molecular formula is C58H109NO4. The van der Waals surface area contributed by atoms with Gasteiger partial charge in [0.15, 0.2) is 0 Å². The summed E-state index contributed by atoms with van der Waals surface area (Å²) < 4.78 is 0. The van der Waals surface area contributed by atoms with Crippen LogP contribution in [0.2, 0.25) is 0 Å². The second-order valence-electron chi connectivity index (χ2n) is 19.1. The zero-order valence-electron chi connectivity index (χ0n) is 42.2. The first-order chi connectivity index (χ1) is 31.1. The predicted octanol–water partition coefficient (Wildman–Crippen LogP) is 17.2. The van der Waals surface area contributed by atoms with Crippen LogP contribution in [-0.2, 0) is 4.79 Å². The van der Waals surface area contributed by atoms with Crippen LogP contribution in [0.25, 0.3) is 0 Å². The van der Waals surface area contributed by atoms with Crippen molar-refractivity contribution in [1.29, 1.82) is 0 Å². The second kappa shape index (κ2) is 52.9. The SMILES string of the molecule is CCCCCCCCC/C=C/CC/C=C/CCCC(O)C(O)C(CO)NC(=O)CCCCCCCCCCCCCCCCCCC/C=C\C/C=C\CCCCCCCCCCC. The van der Waals surface area contributed by atoms with Crippen molar-refractivity contribution in [2.75, 3.05) is 6.61 Å². The van der Waals surface area contributed by atoms with E-state index in [1.807, 2.05) is 0 Å². The van der Waals surface area contributed by atoms with Crippen LogP contribution in [0.4, 0.5) is 0 Å². The van der Waals surface area contributed by atoms with Crippen molar-refractivity contribution in [3.8, 4) is 0 Å². The third kappa shape index (κ3) is 48.1. The highest BCUT2D eigenvalue weighted by atomic mass is 16.3. The predicted molar refractivity (Wildman–Crippen MR) is 277 cm³/mol. The molecule has 0 aromatic heterocycles. The molecule has 0 aliphatic carbocycles. The Bertz CT molecular complexity index is 1020. The molecule has 63 heavy (non-hydrogen) atoms. The van der Waals surface area contributed by atoms with Gasteiger partial charge in [0.2, 0.25) is 5.91 Å². The number of hydrogen-bond donors (Lipinski definition) is 4. The summed E-state index contributed by atoms with van der Waals surface area (Å²) in [5.74, 6) is -0.156. The topological polar surface area (TPSA) is 89.8 Å². The Hall–Kier alpha value is -1.69. The first-order valence-corrected chi connectivity index (χ1v) is 27.9. The highest BCUT2D eigenvalue weighted by Crippen LogP contribution is 2.16. The number of carbonyl (C=O) groups is 1. The van der Waals surface area contributed by atoms with Crippen molar-refractivity contribution in [2.24, 2.45) is 0 Å². The van der Waals surface area contributed by atoms with E-state index in [2.05, 4.69) is 67.8 Å². The van der Waals surface area contributed by atoms with Gasteiger partial charge in [-0.2, -0.15) is 0 Å². The van der Waals surface area contributed by atoms with E-state index < -0.39 is 18.2 Å². The van der Waals surface area contributed by atoms with E-state index >= 15 is 0 Å². The molecule has 3 unspecified atom stereocenters. The number of amides is 1. The van der Waals surface area contributed by atoms with Crippen LogP contribution in [0.5, 0.6) is 0 Å². The van der Waals surface area contributed by atoms with Gasteiger partial charge in [-0.1, -0.05) is 249 Å².